The maximum Gasteiger partial charge on any atom is 0.250 e. The first kappa shape index (κ1) is 13.2. The Hall–Kier alpha value is -1.88. The number of aromatic hydroxyl groups is 1. The molecule has 0 unspecified atom stereocenters. The number of carbonyl (C=O) groups is 2. The number of nitrogens with one attached hydrogen (secondary N) is 1. The van der Waals surface area contributed by atoms with Gasteiger partial charge in [0.25, 0.3) is 0 Å². The summed E-state index contributed by atoms with van der Waals surface area (Å²) in [6, 6.07) is 4.35. The number of methoxy groups -OCH3 is 1. The molecule has 5 heteroatoms. The summed E-state index contributed by atoms with van der Waals surface area (Å²) in [4.78, 5) is 22.8. The van der Waals surface area contributed by atoms with E-state index < -0.39 is 0 Å². The lowest BCUT2D eigenvalue weighted by atomic mass is 10.1. The first-order valence-electron chi connectivity index (χ1n) is 5.23. The summed E-state index contributed by atoms with van der Waals surface area (Å²) in [7, 11) is 1.40. The third-order valence-electron chi connectivity index (χ3n) is 2.19. The van der Waals surface area contributed by atoms with Gasteiger partial charge in [-0.25, -0.2) is 0 Å². The second-order valence-corrected chi connectivity index (χ2v) is 3.49. The number of anilines is 1. The van der Waals surface area contributed by atoms with Gasteiger partial charge in [0, 0.05) is 19.1 Å². The maximum absolute atomic E-state index is 11.5. The first-order chi connectivity index (χ1) is 8.08. The lowest BCUT2D eigenvalue weighted by Gasteiger charge is -2.08. The van der Waals surface area contributed by atoms with Crippen molar-refractivity contribution in [3.05, 3.63) is 23.8 Å². The number of hydrogen-bond donors (Lipinski definition) is 2. The van der Waals surface area contributed by atoms with Crippen LogP contribution in [0, 0.1) is 0 Å². The molecule has 1 aromatic rings. The van der Waals surface area contributed by atoms with Crippen LogP contribution in [-0.4, -0.2) is 30.5 Å². The Balaban J connectivity index is 2.90. The molecule has 0 fully saturated rings. The van der Waals surface area contributed by atoms with Gasteiger partial charge in [-0.1, -0.05) is 6.92 Å². The third-order valence-corrected chi connectivity index (χ3v) is 2.19. The number of Topliss-reactive ketones (excluding diaryl/α,β-unsaturated/α-hetero) is 1. The van der Waals surface area contributed by atoms with E-state index in [2.05, 4.69) is 10.1 Å². The molecule has 5 nitrogen and oxygen atoms in total. The van der Waals surface area contributed by atoms with Crippen LogP contribution in [0.2, 0.25) is 0 Å². The molecular formula is C12H15NO4. The number of amides is 1. The topological polar surface area (TPSA) is 75.6 Å². The van der Waals surface area contributed by atoms with Crippen LogP contribution >= 0.6 is 0 Å². The van der Waals surface area contributed by atoms with Crippen molar-refractivity contribution in [3.63, 3.8) is 0 Å². The predicted octanol–water partition coefficient (Wildman–Crippen LogP) is 1.57. The molecular weight excluding hydrogens is 222 g/mol. The zero-order chi connectivity index (χ0) is 12.8. The molecule has 1 amide bonds. The summed E-state index contributed by atoms with van der Waals surface area (Å²) < 4.78 is 4.65. The summed E-state index contributed by atoms with van der Waals surface area (Å²) in [5, 5.41) is 12.0. The molecule has 0 aromatic heterocycles. The molecule has 1 rings (SSSR count). The highest BCUT2D eigenvalue weighted by Crippen LogP contribution is 2.24. The van der Waals surface area contributed by atoms with E-state index >= 15 is 0 Å². The van der Waals surface area contributed by atoms with Gasteiger partial charge in [-0.15, -0.1) is 0 Å². The van der Waals surface area contributed by atoms with E-state index in [1.807, 2.05) is 0 Å². The van der Waals surface area contributed by atoms with Gasteiger partial charge in [0.15, 0.2) is 5.78 Å². The van der Waals surface area contributed by atoms with Crippen molar-refractivity contribution in [2.75, 3.05) is 19.0 Å². The van der Waals surface area contributed by atoms with Gasteiger partial charge < -0.3 is 15.2 Å². The Labute approximate surface area is 99.4 Å². The minimum absolute atomic E-state index is 0.0489. The molecule has 0 aliphatic carbocycles. The van der Waals surface area contributed by atoms with Crippen molar-refractivity contribution < 1.29 is 19.4 Å². The molecule has 17 heavy (non-hydrogen) atoms. The third kappa shape index (κ3) is 3.57. The quantitative estimate of drug-likeness (QED) is 0.602. The molecule has 0 bridgehead atoms. The Morgan fingerprint density at radius 1 is 1.41 bits per heavy atom. The Morgan fingerprint density at radius 3 is 2.71 bits per heavy atom. The van der Waals surface area contributed by atoms with E-state index in [0.29, 0.717) is 12.0 Å². The van der Waals surface area contributed by atoms with E-state index in [1.54, 1.807) is 6.92 Å². The lowest BCUT2D eigenvalue weighted by Crippen LogP contribution is -2.17. The number of benzene rings is 1. The van der Waals surface area contributed by atoms with Crippen molar-refractivity contribution >= 4 is 17.4 Å². The summed E-state index contributed by atoms with van der Waals surface area (Å²) in [5.41, 5.74) is 0.671. The smallest absolute Gasteiger partial charge is 0.250 e. The van der Waals surface area contributed by atoms with Crippen molar-refractivity contribution in [1.82, 2.24) is 0 Å². The van der Waals surface area contributed by atoms with Gasteiger partial charge in [-0.3, -0.25) is 9.59 Å². The second-order valence-electron chi connectivity index (χ2n) is 3.49. The Kier molecular flexibility index (Phi) is 4.66. The highest BCUT2D eigenvalue weighted by molar-refractivity contribution is 5.99. The van der Waals surface area contributed by atoms with Gasteiger partial charge in [0.2, 0.25) is 5.91 Å². The number of rotatable bonds is 5. The fourth-order valence-electron chi connectivity index (χ4n) is 1.33. The molecule has 0 atom stereocenters. The molecule has 0 aliphatic heterocycles. The molecule has 92 valence electrons. The standard InChI is InChI=1S/C12H15NO4/c1-3-10(14)8-4-5-11(15)9(6-8)13-12(16)7-17-2/h4-6,15H,3,7H2,1-2H3,(H,13,16). The van der Waals surface area contributed by atoms with Crippen LogP contribution in [0.5, 0.6) is 5.75 Å². The van der Waals surface area contributed by atoms with Crippen LogP contribution < -0.4 is 5.32 Å². The number of ether oxygens (including phenoxy) is 1. The average Bonchev–Trinajstić information content (AvgIpc) is 2.31. The maximum atomic E-state index is 11.5. The van der Waals surface area contributed by atoms with Crippen LogP contribution in [0.1, 0.15) is 23.7 Å². The number of phenols is 1. The average molecular weight is 237 g/mol. The van der Waals surface area contributed by atoms with E-state index in [9.17, 15) is 14.7 Å². The first-order valence-corrected chi connectivity index (χ1v) is 5.23. The van der Waals surface area contributed by atoms with Crippen LogP contribution in [0.25, 0.3) is 0 Å². The Morgan fingerprint density at radius 2 is 2.12 bits per heavy atom. The van der Waals surface area contributed by atoms with Crippen LogP contribution in [-0.2, 0) is 9.53 Å². The molecule has 0 saturated carbocycles. The zero-order valence-corrected chi connectivity index (χ0v) is 9.82. The van der Waals surface area contributed by atoms with Crippen molar-refractivity contribution in [2.45, 2.75) is 13.3 Å². The number of phenolic OH excluding ortho intramolecular Hbond substituents is 1. The molecule has 1 aromatic carbocycles. The Bertz CT molecular complexity index is 429. The van der Waals surface area contributed by atoms with E-state index in [4.69, 9.17) is 0 Å². The van der Waals surface area contributed by atoms with Gasteiger partial charge in [-0.05, 0) is 18.2 Å². The van der Waals surface area contributed by atoms with Gasteiger partial charge >= 0.3 is 0 Å². The van der Waals surface area contributed by atoms with E-state index in [0.717, 1.165) is 0 Å². The fraction of sp³-hybridized carbons (Fsp3) is 0.333. The SMILES string of the molecule is CCC(=O)c1ccc(O)c(NC(=O)COC)c1. The molecule has 2 N–H and O–H groups in total. The second kappa shape index (κ2) is 6.00. The highest BCUT2D eigenvalue weighted by atomic mass is 16.5. The van der Waals surface area contributed by atoms with Gasteiger partial charge in [0.1, 0.15) is 12.4 Å². The zero-order valence-electron chi connectivity index (χ0n) is 9.82. The number of ketones is 1. The molecule has 0 saturated heterocycles. The van der Waals surface area contributed by atoms with Crippen LogP contribution in [0.3, 0.4) is 0 Å². The van der Waals surface area contributed by atoms with Crippen molar-refractivity contribution in [2.24, 2.45) is 0 Å². The number of hydrogen-bond acceptors (Lipinski definition) is 4. The summed E-state index contributed by atoms with van der Waals surface area (Å²) in [6.07, 6.45) is 0.371. The normalized spacial score (nSPS) is 10.0. The molecule has 0 aliphatic rings. The molecule has 0 heterocycles. The van der Waals surface area contributed by atoms with E-state index in [-0.39, 0.29) is 29.7 Å². The van der Waals surface area contributed by atoms with Crippen LogP contribution in [0.4, 0.5) is 5.69 Å². The van der Waals surface area contributed by atoms with Gasteiger partial charge in [-0.2, -0.15) is 0 Å². The molecule has 0 radical (unpaired) electrons. The van der Waals surface area contributed by atoms with Crippen molar-refractivity contribution in [3.8, 4) is 5.75 Å². The monoisotopic (exact) mass is 237 g/mol. The fourth-order valence-corrected chi connectivity index (χ4v) is 1.33. The largest absolute Gasteiger partial charge is 0.506 e. The minimum Gasteiger partial charge on any atom is -0.506 e. The summed E-state index contributed by atoms with van der Waals surface area (Å²) >= 11 is 0. The summed E-state index contributed by atoms with van der Waals surface area (Å²) in [6.45, 7) is 1.64. The van der Waals surface area contributed by atoms with E-state index in [1.165, 1.54) is 25.3 Å². The highest BCUT2D eigenvalue weighted by Gasteiger charge is 2.10. The number of carbonyl (C=O) groups excluding carboxylic acids is 2. The minimum atomic E-state index is -0.385. The molecule has 0 spiro atoms. The van der Waals surface area contributed by atoms with Crippen molar-refractivity contribution in [1.29, 1.82) is 0 Å². The predicted molar refractivity (Wildman–Crippen MR) is 63.2 cm³/mol. The summed E-state index contributed by atoms with van der Waals surface area (Å²) in [5.74, 6) is -0.516. The lowest BCUT2D eigenvalue weighted by molar-refractivity contribution is -0.119. The van der Waals surface area contributed by atoms with Crippen LogP contribution in [0.15, 0.2) is 18.2 Å². The van der Waals surface area contributed by atoms with Gasteiger partial charge in [0.05, 0.1) is 5.69 Å².